The van der Waals surface area contributed by atoms with Gasteiger partial charge in [0.2, 0.25) is 5.91 Å². The molecule has 0 saturated carbocycles. The smallest absolute Gasteiger partial charge is 0.327 e. The highest BCUT2D eigenvalue weighted by atomic mass is 16.5. The number of carbonyl (C=O) groups is 2. The summed E-state index contributed by atoms with van der Waals surface area (Å²) in [5.41, 5.74) is 1.59. The second-order valence-corrected chi connectivity index (χ2v) is 4.62. The van der Waals surface area contributed by atoms with Crippen LogP contribution in [0.5, 0.6) is 0 Å². The fraction of sp³-hybridized carbons (Fsp3) is 0.429. The SMILES string of the molecule is COCCNCC(=O)N1c2ccccc2CC1C(=O)O. The molecule has 2 rings (SSSR count). The van der Waals surface area contributed by atoms with Gasteiger partial charge in [0, 0.05) is 25.8 Å². The molecule has 0 saturated heterocycles. The number of anilines is 1. The predicted molar refractivity (Wildman–Crippen MR) is 73.8 cm³/mol. The summed E-state index contributed by atoms with van der Waals surface area (Å²) in [7, 11) is 1.58. The van der Waals surface area contributed by atoms with Crippen LogP contribution in [0, 0.1) is 0 Å². The Morgan fingerprint density at radius 3 is 2.90 bits per heavy atom. The molecular weight excluding hydrogens is 260 g/mol. The zero-order valence-electron chi connectivity index (χ0n) is 11.3. The Morgan fingerprint density at radius 1 is 1.45 bits per heavy atom. The molecule has 1 aliphatic heterocycles. The number of nitrogens with one attached hydrogen (secondary N) is 1. The summed E-state index contributed by atoms with van der Waals surface area (Å²) in [4.78, 5) is 24.9. The van der Waals surface area contributed by atoms with Gasteiger partial charge in [-0.25, -0.2) is 4.79 Å². The van der Waals surface area contributed by atoms with Crippen LogP contribution < -0.4 is 10.2 Å². The van der Waals surface area contributed by atoms with Crippen molar-refractivity contribution >= 4 is 17.6 Å². The van der Waals surface area contributed by atoms with Gasteiger partial charge in [0.25, 0.3) is 0 Å². The zero-order valence-corrected chi connectivity index (χ0v) is 11.3. The van der Waals surface area contributed by atoms with E-state index in [1.807, 2.05) is 18.2 Å². The molecule has 1 unspecified atom stereocenters. The number of methoxy groups -OCH3 is 1. The number of benzene rings is 1. The van der Waals surface area contributed by atoms with E-state index in [4.69, 9.17) is 4.74 Å². The van der Waals surface area contributed by atoms with Crippen LogP contribution in [0.15, 0.2) is 24.3 Å². The van der Waals surface area contributed by atoms with Crippen molar-refractivity contribution in [1.29, 1.82) is 0 Å². The number of hydrogen-bond acceptors (Lipinski definition) is 4. The first kappa shape index (κ1) is 14.5. The number of para-hydroxylation sites is 1. The van der Waals surface area contributed by atoms with Gasteiger partial charge in [-0.05, 0) is 11.6 Å². The van der Waals surface area contributed by atoms with E-state index in [1.54, 1.807) is 13.2 Å². The second-order valence-electron chi connectivity index (χ2n) is 4.62. The molecule has 2 N–H and O–H groups in total. The molecule has 1 amide bonds. The fourth-order valence-electron chi connectivity index (χ4n) is 2.35. The molecule has 0 aromatic heterocycles. The first-order chi connectivity index (χ1) is 9.65. The molecular formula is C14H18N2O4. The third-order valence-electron chi connectivity index (χ3n) is 3.29. The van der Waals surface area contributed by atoms with Gasteiger partial charge in [-0.2, -0.15) is 0 Å². The quantitative estimate of drug-likeness (QED) is 0.730. The van der Waals surface area contributed by atoms with Gasteiger partial charge in [0.05, 0.1) is 13.2 Å². The van der Waals surface area contributed by atoms with Gasteiger partial charge < -0.3 is 15.2 Å². The maximum Gasteiger partial charge on any atom is 0.327 e. The van der Waals surface area contributed by atoms with Gasteiger partial charge in [-0.3, -0.25) is 9.69 Å². The van der Waals surface area contributed by atoms with Crippen molar-refractivity contribution in [2.45, 2.75) is 12.5 Å². The van der Waals surface area contributed by atoms with Gasteiger partial charge in [-0.1, -0.05) is 18.2 Å². The number of carbonyl (C=O) groups excluding carboxylic acids is 1. The van der Waals surface area contributed by atoms with Crippen molar-refractivity contribution in [3.63, 3.8) is 0 Å². The van der Waals surface area contributed by atoms with Crippen LogP contribution in [0.25, 0.3) is 0 Å². The van der Waals surface area contributed by atoms with Crippen LogP contribution in [-0.2, 0) is 20.7 Å². The summed E-state index contributed by atoms with van der Waals surface area (Å²) >= 11 is 0. The number of amides is 1. The Morgan fingerprint density at radius 2 is 2.20 bits per heavy atom. The minimum Gasteiger partial charge on any atom is -0.480 e. The standard InChI is InChI=1S/C14H18N2O4/c1-20-7-6-15-9-13(17)16-11-5-3-2-4-10(11)8-12(16)14(18)19/h2-5,12,15H,6-9H2,1H3,(H,18,19). The molecule has 1 aliphatic rings. The van der Waals surface area contributed by atoms with Crippen molar-refractivity contribution in [2.24, 2.45) is 0 Å². The molecule has 6 nitrogen and oxygen atoms in total. The molecule has 0 spiro atoms. The third-order valence-corrected chi connectivity index (χ3v) is 3.29. The van der Waals surface area contributed by atoms with Crippen LogP contribution in [0.4, 0.5) is 5.69 Å². The van der Waals surface area contributed by atoms with Gasteiger partial charge >= 0.3 is 5.97 Å². The van der Waals surface area contributed by atoms with Crippen LogP contribution in [-0.4, -0.2) is 49.8 Å². The highest BCUT2D eigenvalue weighted by molar-refractivity contribution is 6.02. The lowest BCUT2D eigenvalue weighted by Gasteiger charge is -2.22. The van der Waals surface area contributed by atoms with E-state index in [0.717, 1.165) is 5.56 Å². The Hall–Kier alpha value is -1.92. The van der Waals surface area contributed by atoms with Gasteiger partial charge in [-0.15, -0.1) is 0 Å². The lowest BCUT2D eigenvalue weighted by Crippen LogP contribution is -2.46. The Labute approximate surface area is 117 Å². The number of carboxylic acid groups (broad SMARTS) is 1. The largest absolute Gasteiger partial charge is 0.480 e. The molecule has 108 valence electrons. The molecule has 1 aromatic carbocycles. The van der Waals surface area contributed by atoms with E-state index in [-0.39, 0.29) is 12.5 Å². The molecule has 0 radical (unpaired) electrons. The summed E-state index contributed by atoms with van der Waals surface area (Å²) < 4.78 is 4.88. The minimum absolute atomic E-state index is 0.0987. The molecule has 6 heteroatoms. The molecule has 0 bridgehead atoms. The van der Waals surface area contributed by atoms with Crippen LogP contribution >= 0.6 is 0 Å². The Balaban J connectivity index is 2.10. The van der Waals surface area contributed by atoms with Crippen molar-refractivity contribution in [2.75, 3.05) is 31.7 Å². The summed E-state index contributed by atoms with van der Waals surface area (Å²) in [6.45, 7) is 1.16. The van der Waals surface area contributed by atoms with Crippen LogP contribution in [0.3, 0.4) is 0 Å². The molecule has 0 fully saturated rings. The number of aliphatic carboxylic acids is 1. The van der Waals surface area contributed by atoms with Crippen molar-refractivity contribution in [3.05, 3.63) is 29.8 Å². The lowest BCUT2D eigenvalue weighted by atomic mass is 10.1. The zero-order chi connectivity index (χ0) is 14.5. The summed E-state index contributed by atoms with van der Waals surface area (Å²) in [6, 6.07) is 6.48. The maximum absolute atomic E-state index is 12.2. The summed E-state index contributed by atoms with van der Waals surface area (Å²) in [6.07, 6.45) is 0.356. The highest BCUT2D eigenvalue weighted by Crippen LogP contribution is 2.32. The van der Waals surface area contributed by atoms with Gasteiger partial charge in [0.1, 0.15) is 6.04 Å². The number of hydrogen-bond donors (Lipinski definition) is 2. The first-order valence-corrected chi connectivity index (χ1v) is 6.47. The normalized spacial score (nSPS) is 17.1. The van der Waals surface area contributed by atoms with Crippen molar-refractivity contribution < 1.29 is 19.4 Å². The summed E-state index contributed by atoms with van der Waals surface area (Å²) in [5, 5.41) is 12.2. The monoisotopic (exact) mass is 278 g/mol. The third kappa shape index (κ3) is 2.97. The second kappa shape index (κ2) is 6.49. The van der Waals surface area contributed by atoms with E-state index in [2.05, 4.69) is 5.32 Å². The number of rotatable bonds is 6. The van der Waals surface area contributed by atoms with E-state index in [1.165, 1.54) is 4.90 Å². The maximum atomic E-state index is 12.2. The van der Waals surface area contributed by atoms with E-state index in [0.29, 0.717) is 25.3 Å². The van der Waals surface area contributed by atoms with Crippen molar-refractivity contribution in [1.82, 2.24) is 5.32 Å². The lowest BCUT2D eigenvalue weighted by molar-refractivity contribution is -0.139. The van der Waals surface area contributed by atoms with Gasteiger partial charge in [0.15, 0.2) is 0 Å². The fourth-order valence-corrected chi connectivity index (χ4v) is 2.35. The van der Waals surface area contributed by atoms with Crippen LogP contribution in [0.2, 0.25) is 0 Å². The van der Waals surface area contributed by atoms with Crippen LogP contribution in [0.1, 0.15) is 5.56 Å². The van der Waals surface area contributed by atoms with E-state index < -0.39 is 12.0 Å². The first-order valence-electron chi connectivity index (χ1n) is 6.47. The predicted octanol–water partition coefficient (Wildman–Crippen LogP) is 0.265. The average Bonchev–Trinajstić information content (AvgIpc) is 2.83. The number of fused-ring (bicyclic) bond motifs is 1. The molecule has 0 aliphatic carbocycles. The number of nitrogens with zero attached hydrogens (tertiary/aromatic N) is 1. The average molecular weight is 278 g/mol. The Kier molecular flexibility index (Phi) is 4.70. The van der Waals surface area contributed by atoms with E-state index in [9.17, 15) is 14.7 Å². The molecule has 20 heavy (non-hydrogen) atoms. The number of ether oxygens (including phenoxy) is 1. The topological polar surface area (TPSA) is 78.9 Å². The summed E-state index contributed by atoms with van der Waals surface area (Å²) in [5.74, 6) is -1.22. The van der Waals surface area contributed by atoms with E-state index >= 15 is 0 Å². The molecule has 1 heterocycles. The number of carboxylic acids is 1. The highest BCUT2D eigenvalue weighted by Gasteiger charge is 2.37. The Bertz CT molecular complexity index is 504. The molecule has 1 atom stereocenters. The van der Waals surface area contributed by atoms with Crippen molar-refractivity contribution in [3.8, 4) is 0 Å². The molecule has 1 aromatic rings. The minimum atomic E-state index is -0.980.